The molecule has 0 radical (unpaired) electrons. The van der Waals surface area contributed by atoms with Crippen molar-refractivity contribution in [3.05, 3.63) is 0 Å². The summed E-state index contributed by atoms with van der Waals surface area (Å²) in [6.07, 6.45) is -1.22. The lowest BCUT2D eigenvalue weighted by molar-refractivity contribution is -0.163. The van der Waals surface area contributed by atoms with Crippen molar-refractivity contribution in [1.82, 2.24) is 0 Å². The molecule has 2 bridgehead atoms. The van der Waals surface area contributed by atoms with Gasteiger partial charge in [-0.3, -0.25) is 9.59 Å². The maximum atomic E-state index is 11.6. The first kappa shape index (κ1) is 11.0. The molecular weight excluding hydrogens is 224 g/mol. The lowest BCUT2D eigenvalue weighted by atomic mass is 9.80. The molecule has 94 valence electrons. The van der Waals surface area contributed by atoms with Gasteiger partial charge in [0.25, 0.3) is 0 Å². The fourth-order valence-electron chi connectivity index (χ4n) is 3.03. The van der Waals surface area contributed by atoms with Crippen molar-refractivity contribution >= 4 is 11.9 Å². The van der Waals surface area contributed by atoms with E-state index < -0.39 is 12.2 Å². The first-order valence-electron chi connectivity index (χ1n) is 6.07. The van der Waals surface area contributed by atoms with Gasteiger partial charge < -0.3 is 14.2 Å². The molecule has 6 unspecified atom stereocenters. The monoisotopic (exact) mass is 240 g/mol. The topological polar surface area (TPSA) is 61.8 Å². The maximum absolute atomic E-state index is 11.6. The maximum Gasteiger partial charge on any atom is 0.312 e. The molecule has 0 spiro atoms. The SMILES string of the molecule is CC(C)C(=O)OC1C2OC3C1OC(=O)C3C2C. The highest BCUT2D eigenvalue weighted by Crippen LogP contribution is 2.50. The molecule has 5 nitrogen and oxygen atoms in total. The van der Waals surface area contributed by atoms with Gasteiger partial charge in [-0.15, -0.1) is 0 Å². The molecule has 3 fully saturated rings. The summed E-state index contributed by atoms with van der Waals surface area (Å²) >= 11 is 0. The van der Waals surface area contributed by atoms with Crippen LogP contribution in [0.15, 0.2) is 0 Å². The summed E-state index contributed by atoms with van der Waals surface area (Å²) in [5.41, 5.74) is 0. The van der Waals surface area contributed by atoms with Crippen LogP contribution in [-0.2, 0) is 23.8 Å². The highest BCUT2D eigenvalue weighted by Gasteiger charge is 2.68. The molecule has 0 aliphatic carbocycles. The van der Waals surface area contributed by atoms with Gasteiger partial charge in [0.2, 0.25) is 0 Å². The molecule has 5 heteroatoms. The zero-order valence-corrected chi connectivity index (χ0v) is 10.1. The van der Waals surface area contributed by atoms with E-state index in [9.17, 15) is 9.59 Å². The minimum absolute atomic E-state index is 0.0659. The number of fused-ring (bicyclic) bond motifs is 1. The zero-order chi connectivity index (χ0) is 12.3. The number of ether oxygens (including phenoxy) is 3. The van der Waals surface area contributed by atoms with E-state index in [1.165, 1.54) is 0 Å². The lowest BCUT2D eigenvalue weighted by Gasteiger charge is -2.26. The third-order valence-corrected chi connectivity index (χ3v) is 3.97. The molecular formula is C12H16O5. The van der Waals surface area contributed by atoms with E-state index in [-0.39, 0.29) is 41.9 Å². The van der Waals surface area contributed by atoms with Crippen LogP contribution < -0.4 is 0 Å². The van der Waals surface area contributed by atoms with Gasteiger partial charge in [-0.2, -0.15) is 0 Å². The summed E-state index contributed by atoms with van der Waals surface area (Å²) in [7, 11) is 0. The van der Waals surface area contributed by atoms with E-state index in [0.717, 1.165) is 0 Å². The molecule has 3 aliphatic heterocycles. The van der Waals surface area contributed by atoms with Crippen LogP contribution in [0.4, 0.5) is 0 Å². The quantitative estimate of drug-likeness (QED) is 0.658. The van der Waals surface area contributed by atoms with Gasteiger partial charge in [0.05, 0.1) is 11.8 Å². The molecule has 3 aliphatic rings. The molecule has 3 saturated heterocycles. The number of esters is 2. The molecule has 0 aromatic rings. The summed E-state index contributed by atoms with van der Waals surface area (Å²) in [6.45, 7) is 5.51. The number of hydrogen-bond acceptors (Lipinski definition) is 5. The average Bonchev–Trinajstić information content (AvgIpc) is 2.82. The van der Waals surface area contributed by atoms with Crippen molar-refractivity contribution in [2.24, 2.45) is 17.8 Å². The Balaban J connectivity index is 1.80. The van der Waals surface area contributed by atoms with Crippen LogP contribution in [0.2, 0.25) is 0 Å². The Morgan fingerprint density at radius 3 is 2.65 bits per heavy atom. The van der Waals surface area contributed by atoms with Crippen molar-refractivity contribution in [1.29, 1.82) is 0 Å². The first-order chi connectivity index (χ1) is 8.00. The number of rotatable bonds is 2. The lowest BCUT2D eigenvalue weighted by Crippen LogP contribution is -2.44. The largest absolute Gasteiger partial charge is 0.455 e. The molecule has 17 heavy (non-hydrogen) atoms. The van der Waals surface area contributed by atoms with Crippen molar-refractivity contribution in [3.63, 3.8) is 0 Å². The normalized spacial score (nSPS) is 46.5. The smallest absolute Gasteiger partial charge is 0.312 e. The highest BCUT2D eigenvalue weighted by molar-refractivity contribution is 5.78. The number of carbonyl (C=O) groups is 2. The Hall–Kier alpha value is -1.10. The van der Waals surface area contributed by atoms with Crippen LogP contribution >= 0.6 is 0 Å². The van der Waals surface area contributed by atoms with Crippen LogP contribution in [0, 0.1) is 17.8 Å². The predicted molar refractivity (Wildman–Crippen MR) is 55.9 cm³/mol. The van der Waals surface area contributed by atoms with Gasteiger partial charge in [0.15, 0.2) is 12.2 Å². The standard InChI is InChI=1S/C12H16O5/c1-4(2)11(13)16-9-7-5(3)6-8(15-7)10(9)17-12(6)14/h4-10H,1-3H3. The molecule has 0 saturated carbocycles. The zero-order valence-electron chi connectivity index (χ0n) is 10.1. The van der Waals surface area contributed by atoms with Crippen LogP contribution in [0.1, 0.15) is 20.8 Å². The average molecular weight is 240 g/mol. The van der Waals surface area contributed by atoms with E-state index >= 15 is 0 Å². The van der Waals surface area contributed by atoms with E-state index in [2.05, 4.69) is 0 Å². The molecule has 6 atom stereocenters. The molecule has 3 heterocycles. The second-order valence-electron chi connectivity index (χ2n) is 5.41. The molecule has 0 aromatic heterocycles. The minimum Gasteiger partial charge on any atom is -0.455 e. The summed E-state index contributed by atoms with van der Waals surface area (Å²) in [4.78, 5) is 23.2. The van der Waals surface area contributed by atoms with E-state index in [4.69, 9.17) is 14.2 Å². The third kappa shape index (κ3) is 1.35. The Morgan fingerprint density at radius 2 is 2.00 bits per heavy atom. The Labute approximate surface area is 99.4 Å². The Kier molecular flexibility index (Phi) is 2.23. The van der Waals surface area contributed by atoms with Gasteiger partial charge in [-0.05, 0) is 0 Å². The summed E-state index contributed by atoms with van der Waals surface area (Å²) < 4.78 is 16.4. The molecule has 0 N–H and O–H groups in total. The van der Waals surface area contributed by atoms with Gasteiger partial charge in [-0.1, -0.05) is 20.8 Å². The van der Waals surface area contributed by atoms with Gasteiger partial charge >= 0.3 is 11.9 Å². The van der Waals surface area contributed by atoms with E-state index in [1.807, 2.05) is 6.92 Å². The van der Waals surface area contributed by atoms with Crippen LogP contribution in [0.25, 0.3) is 0 Å². The van der Waals surface area contributed by atoms with E-state index in [1.54, 1.807) is 13.8 Å². The van der Waals surface area contributed by atoms with Crippen molar-refractivity contribution in [2.75, 3.05) is 0 Å². The minimum atomic E-state index is -0.424. The van der Waals surface area contributed by atoms with Gasteiger partial charge in [0, 0.05) is 5.92 Å². The van der Waals surface area contributed by atoms with Crippen LogP contribution in [-0.4, -0.2) is 36.4 Å². The predicted octanol–water partition coefficient (Wildman–Crippen LogP) is 0.513. The molecule has 0 aromatic carbocycles. The second kappa shape index (κ2) is 3.45. The fourth-order valence-corrected chi connectivity index (χ4v) is 3.03. The van der Waals surface area contributed by atoms with Gasteiger partial charge in [-0.25, -0.2) is 0 Å². The molecule has 3 rings (SSSR count). The van der Waals surface area contributed by atoms with Crippen molar-refractivity contribution in [3.8, 4) is 0 Å². The summed E-state index contributed by atoms with van der Waals surface area (Å²) in [5.74, 6) is -0.761. The Bertz CT molecular complexity index is 377. The van der Waals surface area contributed by atoms with Gasteiger partial charge in [0.1, 0.15) is 12.2 Å². The summed E-state index contributed by atoms with van der Waals surface area (Å²) in [5, 5.41) is 0. The number of carbonyl (C=O) groups excluding carboxylic acids is 2. The summed E-state index contributed by atoms with van der Waals surface area (Å²) in [6, 6.07) is 0. The first-order valence-corrected chi connectivity index (χ1v) is 6.07. The van der Waals surface area contributed by atoms with Crippen LogP contribution in [0.5, 0.6) is 0 Å². The molecule has 0 amide bonds. The second-order valence-corrected chi connectivity index (χ2v) is 5.41. The Morgan fingerprint density at radius 1 is 1.29 bits per heavy atom. The van der Waals surface area contributed by atoms with E-state index in [0.29, 0.717) is 0 Å². The fraction of sp³-hybridized carbons (Fsp3) is 0.833. The number of hydrogen-bond donors (Lipinski definition) is 0. The van der Waals surface area contributed by atoms with Crippen LogP contribution in [0.3, 0.4) is 0 Å². The van der Waals surface area contributed by atoms with Crippen molar-refractivity contribution < 1.29 is 23.8 Å². The third-order valence-electron chi connectivity index (χ3n) is 3.97. The van der Waals surface area contributed by atoms with Crippen molar-refractivity contribution in [2.45, 2.75) is 45.2 Å². The highest BCUT2D eigenvalue weighted by atomic mass is 16.7.